The fraction of sp³-hybridized carbons (Fsp3) is 0.185. The lowest BCUT2D eigenvalue weighted by Gasteiger charge is -2.12. The maximum absolute atomic E-state index is 13.7. The number of hydrogen-bond acceptors (Lipinski definition) is 6. The molecule has 0 aromatic heterocycles. The molecule has 186 valence electrons. The zero-order chi connectivity index (χ0) is 26.1. The number of ketones is 1. The molecule has 36 heavy (non-hydrogen) atoms. The van der Waals surface area contributed by atoms with Crippen LogP contribution in [-0.4, -0.2) is 36.8 Å². The molecule has 0 aliphatic rings. The number of anilines is 2. The van der Waals surface area contributed by atoms with Crippen molar-refractivity contribution in [3.05, 3.63) is 89.7 Å². The number of carbonyl (C=O) groups excluding carboxylic acids is 4. The van der Waals surface area contributed by atoms with Crippen molar-refractivity contribution < 1.29 is 33.0 Å². The van der Waals surface area contributed by atoms with E-state index in [1.54, 1.807) is 44.2 Å². The summed E-state index contributed by atoms with van der Waals surface area (Å²) in [5, 5.41) is 5.11. The van der Waals surface area contributed by atoms with Crippen LogP contribution in [0.25, 0.3) is 0 Å². The third-order valence-electron chi connectivity index (χ3n) is 4.95. The lowest BCUT2D eigenvalue weighted by Crippen LogP contribution is -2.22. The van der Waals surface area contributed by atoms with Gasteiger partial charge in [-0.1, -0.05) is 38.1 Å². The molecule has 0 saturated carbocycles. The molecule has 2 amide bonds. The molecule has 0 spiro atoms. The van der Waals surface area contributed by atoms with Gasteiger partial charge in [0.25, 0.3) is 5.91 Å². The predicted molar refractivity (Wildman–Crippen MR) is 131 cm³/mol. The number of nitrogens with one attached hydrogen (secondary N) is 2. The molecule has 0 bridgehead atoms. The second-order valence-corrected chi connectivity index (χ2v) is 8.03. The van der Waals surface area contributed by atoms with Gasteiger partial charge in [-0.25, -0.2) is 9.18 Å². The monoisotopic (exact) mass is 492 g/mol. The van der Waals surface area contributed by atoms with E-state index in [0.29, 0.717) is 11.3 Å². The number of benzene rings is 3. The number of ether oxygens (including phenoxy) is 2. The van der Waals surface area contributed by atoms with Crippen molar-refractivity contribution in [1.29, 1.82) is 0 Å². The molecule has 0 saturated heterocycles. The molecule has 3 aromatic carbocycles. The van der Waals surface area contributed by atoms with Crippen LogP contribution in [0.4, 0.5) is 15.8 Å². The first-order valence-corrected chi connectivity index (χ1v) is 11.1. The van der Waals surface area contributed by atoms with Crippen LogP contribution >= 0.6 is 0 Å². The fourth-order valence-corrected chi connectivity index (χ4v) is 2.97. The molecule has 0 atom stereocenters. The van der Waals surface area contributed by atoms with Crippen molar-refractivity contribution in [3.63, 3.8) is 0 Å². The van der Waals surface area contributed by atoms with E-state index in [1.807, 2.05) is 0 Å². The van der Waals surface area contributed by atoms with E-state index in [0.717, 1.165) is 0 Å². The Morgan fingerprint density at radius 1 is 0.833 bits per heavy atom. The molecule has 8 nitrogen and oxygen atoms in total. The summed E-state index contributed by atoms with van der Waals surface area (Å²) in [6, 6.07) is 18.0. The number of rotatable bonds is 10. The highest BCUT2D eigenvalue weighted by Crippen LogP contribution is 2.20. The van der Waals surface area contributed by atoms with E-state index >= 15 is 0 Å². The predicted octanol–water partition coefficient (Wildman–Crippen LogP) is 4.48. The molecular weight excluding hydrogens is 467 g/mol. The van der Waals surface area contributed by atoms with Crippen LogP contribution in [-0.2, 0) is 14.3 Å². The van der Waals surface area contributed by atoms with Gasteiger partial charge in [0.2, 0.25) is 5.91 Å². The van der Waals surface area contributed by atoms with Gasteiger partial charge in [-0.2, -0.15) is 0 Å². The minimum atomic E-state index is -0.811. The van der Waals surface area contributed by atoms with Crippen molar-refractivity contribution >= 4 is 34.9 Å². The highest BCUT2D eigenvalue weighted by molar-refractivity contribution is 6.00. The Hall–Kier alpha value is -4.53. The molecule has 0 aliphatic heterocycles. The Balaban J connectivity index is 1.55. The normalized spacial score (nSPS) is 10.4. The van der Waals surface area contributed by atoms with Crippen LogP contribution in [0.2, 0.25) is 0 Å². The molecule has 0 fully saturated rings. The Kier molecular flexibility index (Phi) is 8.88. The maximum atomic E-state index is 13.7. The average molecular weight is 493 g/mol. The van der Waals surface area contributed by atoms with E-state index < -0.39 is 36.7 Å². The molecule has 0 aliphatic carbocycles. The van der Waals surface area contributed by atoms with Crippen molar-refractivity contribution in [2.75, 3.05) is 23.8 Å². The van der Waals surface area contributed by atoms with Crippen molar-refractivity contribution in [3.8, 4) is 5.75 Å². The second kappa shape index (κ2) is 12.3. The number of halogens is 1. The van der Waals surface area contributed by atoms with Crippen LogP contribution in [0.3, 0.4) is 0 Å². The van der Waals surface area contributed by atoms with E-state index in [-0.39, 0.29) is 28.8 Å². The largest absolute Gasteiger partial charge is 0.483 e. The minimum Gasteiger partial charge on any atom is -0.483 e. The van der Waals surface area contributed by atoms with Gasteiger partial charge in [-0.05, 0) is 48.5 Å². The van der Waals surface area contributed by atoms with Crippen LogP contribution < -0.4 is 15.4 Å². The number of esters is 1. The van der Waals surface area contributed by atoms with Crippen molar-refractivity contribution in [2.45, 2.75) is 13.8 Å². The van der Waals surface area contributed by atoms with Gasteiger partial charge < -0.3 is 20.1 Å². The first kappa shape index (κ1) is 26.1. The molecule has 9 heteroatoms. The number of Topliss-reactive ketones (excluding diaryl/α,β-unsaturated/α-hetero) is 1. The highest BCUT2D eigenvalue weighted by atomic mass is 19.1. The third kappa shape index (κ3) is 7.23. The Morgan fingerprint density at radius 2 is 1.50 bits per heavy atom. The van der Waals surface area contributed by atoms with Crippen LogP contribution in [0.15, 0.2) is 72.8 Å². The van der Waals surface area contributed by atoms with E-state index in [9.17, 15) is 23.6 Å². The lowest BCUT2D eigenvalue weighted by molar-refractivity contribution is -0.119. The van der Waals surface area contributed by atoms with Gasteiger partial charge in [0.15, 0.2) is 19.0 Å². The molecule has 3 aromatic rings. The van der Waals surface area contributed by atoms with Crippen molar-refractivity contribution in [2.24, 2.45) is 5.92 Å². The highest BCUT2D eigenvalue weighted by Gasteiger charge is 2.17. The SMILES string of the molecule is CC(C)C(=O)Nc1ccc(C(=O)COC(=O)c2ccccc2OCC(=O)Nc2ccccc2F)cc1. The summed E-state index contributed by atoms with van der Waals surface area (Å²) < 4.78 is 24.3. The summed E-state index contributed by atoms with van der Waals surface area (Å²) in [5.41, 5.74) is 0.885. The van der Waals surface area contributed by atoms with Crippen LogP contribution in [0, 0.1) is 11.7 Å². The molecule has 3 rings (SSSR count). The summed E-state index contributed by atoms with van der Waals surface area (Å²) in [6.45, 7) is 2.55. The van der Waals surface area contributed by atoms with E-state index in [1.165, 1.54) is 42.5 Å². The second-order valence-electron chi connectivity index (χ2n) is 8.03. The van der Waals surface area contributed by atoms with Gasteiger partial charge in [0.05, 0.1) is 5.69 Å². The van der Waals surface area contributed by atoms with E-state index in [4.69, 9.17) is 9.47 Å². The van der Waals surface area contributed by atoms with Gasteiger partial charge in [0, 0.05) is 17.2 Å². The molecule has 2 N–H and O–H groups in total. The third-order valence-corrected chi connectivity index (χ3v) is 4.95. The average Bonchev–Trinajstić information content (AvgIpc) is 2.87. The Morgan fingerprint density at radius 3 is 2.19 bits per heavy atom. The summed E-state index contributed by atoms with van der Waals surface area (Å²) in [7, 11) is 0. The zero-order valence-corrected chi connectivity index (χ0v) is 19.7. The smallest absolute Gasteiger partial charge is 0.342 e. The van der Waals surface area contributed by atoms with Gasteiger partial charge in [0.1, 0.15) is 17.1 Å². The summed E-state index contributed by atoms with van der Waals surface area (Å²) >= 11 is 0. The molecular formula is C27H25FN2O6. The van der Waals surface area contributed by atoms with Gasteiger partial charge in [-0.15, -0.1) is 0 Å². The zero-order valence-electron chi connectivity index (χ0n) is 19.7. The first-order chi connectivity index (χ1) is 17.2. The van der Waals surface area contributed by atoms with Gasteiger partial charge >= 0.3 is 5.97 Å². The Labute approximate surface area is 207 Å². The first-order valence-electron chi connectivity index (χ1n) is 11.1. The number of para-hydroxylation sites is 2. The molecule has 0 radical (unpaired) electrons. The Bertz CT molecular complexity index is 1260. The summed E-state index contributed by atoms with van der Waals surface area (Å²) in [5.74, 6) is -2.71. The molecule has 0 heterocycles. The standard InChI is InChI=1S/C27H25FN2O6/c1-17(2)26(33)29-19-13-11-18(12-14-19)23(31)15-36-27(34)20-7-3-6-10-24(20)35-16-25(32)30-22-9-5-4-8-21(22)28/h3-14,17H,15-16H2,1-2H3,(H,29,33)(H,30,32). The summed E-state index contributed by atoms with van der Waals surface area (Å²) in [6.07, 6.45) is 0. The number of hydrogen-bond donors (Lipinski definition) is 2. The molecule has 0 unspecified atom stereocenters. The lowest BCUT2D eigenvalue weighted by atomic mass is 10.1. The topological polar surface area (TPSA) is 111 Å². The van der Waals surface area contributed by atoms with Crippen LogP contribution in [0.1, 0.15) is 34.6 Å². The number of carbonyl (C=O) groups is 4. The quantitative estimate of drug-likeness (QED) is 0.319. The van der Waals surface area contributed by atoms with Gasteiger partial charge in [-0.3, -0.25) is 14.4 Å². The summed E-state index contributed by atoms with van der Waals surface area (Å²) in [4.78, 5) is 48.9. The van der Waals surface area contributed by atoms with E-state index in [2.05, 4.69) is 10.6 Å². The number of amides is 2. The van der Waals surface area contributed by atoms with Crippen molar-refractivity contribution in [1.82, 2.24) is 0 Å². The van der Waals surface area contributed by atoms with Crippen LogP contribution in [0.5, 0.6) is 5.75 Å². The fourth-order valence-electron chi connectivity index (χ4n) is 2.97. The maximum Gasteiger partial charge on any atom is 0.342 e. The minimum absolute atomic E-state index is 0.00708.